The van der Waals surface area contributed by atoms with Crippen LogP contribution in [0.3, 0.4) is 0 Å². The summed E-state index contributed by atoms with van der Waals surface area (Å²) < 4.78 is 27.6. The Bertz CT molecular complexity index is 1500. The molecule has 0 saturated carbocycles. The van der Waals surface area contributed by atoms with Gasteiger partial charge in [-0.15, -0.1) is 0 Å². The van der Waals surface area contributed by atoms with Gasteiger partial charge in [-0.25, -0.2) is 0 Å². The Morgan fingerprint density at radius 2 is 1.50 bits per heavy atom. The molecular weight excluding hydrogens is 556 g/mol. The highest BCUT2D eigenvalue weighted by molar-refractivity contribution is 5.82. The van der Waals surface area contributed by atoms with Gasteiger partial charge in [-0.2, -0.15) is 0 Å². The van der Waals surface area contributed by atoms with Gasteiger partial charge in [0.1, 0.15) is 24.2 Å². The van der Waals surface area contributed by atoms with E-state index in [1.807, 2.05) is 18.2 Å². The molecule has 1 saturated heterocycles. The maximum atomic E-state index is 11.0. The molecule has 1 atom stereocenters. The minimum atomic E-state index is -0.668. The summed E-state index contributed by atoms with van der Waals surface area (Å²) in [6.45, 7) is 2.78. The first kappa shape index (κ1) is 31.1. The van der Waals surface area contributed by atoms with Crippen molar-refractivity contribution >= 4 is 17.7 Å². The number of ether oxygens (including phenoxy) is 4. The van der Waals surface area contributed by atoms with Crippen LogP contribution < -0.4 is 14.2 Å². The molecule has 0 radical (unpaired) electrons. The maximum Gasteiger partial charge on any atom is 0.164 e. The number of nitrogens with zero attached hydrogens (tertiary/aromatic N) is 2. The molecule has 2 heterocycles. The number of aliphatic hydroxyl groups is 1. The second kappa shape index (κ2) is 15.4. The fourth-order valence-corrected chi connectivity index (χ4v) is 5.50. The number of hydrogen-bond acceptors (Lipinski definition) is 8. The van der Waals surface area contributed by atoms with Crippen molar-refractivity contribution < 1.29 is 28.6 Å². The van der Waals surface area contributed by atoms with Crippen LogP contribution in [0, 0.1) is 0 Å². The Hall–Kier alpha value is -4.37. The Morgan fingerprint density at radius 1 is 0.864 bits per heavy atom. The molecule has 8 nitrogen and oxygen atoms in total. The maximum absolute atomic E-state index is 11.0. The Morgan fingerprint density at radius 3 is 2.11 bits per heavy atom. The first-order valence-electron chi connectivity index (χ1n) is 14.8. The van der Waals surface area contributed by atoms with E-state index in [0.29, 0.717) is 41.9 Å². The summed E-state index contributed by atoms with van der Waals surface area (Å²) in [5, 5.41) is 15.0. The molecule has 1 aliphatic rings. The Balaban J connectivity index is 1.24. The zero-order valence-electron chi connectivity index (χ0n) is 25.6. The lowest BCUT2D eigenvalue weighted by molar-refractivity contribution is 0.0654. The molecule has 5 rings (SSSR count). The number of methoxy groups -OCH3 is 3. The normalized spacial score (nSPS) is 14.5. The van der Waals surface area contributed by atoms with Gasteiger partial charge in [0.05, 0.1) is 20.8 Å². The summed E-state index contributed by atoms with van der Waals surface area (Å²) in [6.07, 6.45) is 4.89. The molecule has 3 aromatic carbocycles. The molecular formula is C36H40N2O6. The highest BCUT2D eigenvalue weighted by Crippen LogP contribution is 2.36. The number of aliphatic hydroxyl groups excluding tert-OH is 1. The van der Waals surface area contributed by atoms with Crippen molar-refractivity contribution in [3.63, 3.8) is 0 Å². The van der Waals surface area contributed by atoms with E-state index >= 15 is 0 Å². The highest BCUT2D eigenvalue weighted by Gasteiger charge is 2.21. The summed E-state index contributed by atoms with van der Waals surface area (Å²) in [5.41, 5.74) is 6.72. The smallest absolute Gasteiger partial charge is 0.164 e. The predicted molar refractivity (Wildman–Crippen MR) is 172 cm³/mol. The number of hydrogen-bond donors (Lipinski definition) is 1. The van der Waals surface area contributed by atoms with Gasteiger partial charge in [0, 0.05) is 44.4 Å². The van der Waals surface area contributed by atoms with E-state index in [0.717, 1.165) is 31.5 Å². The van der Waals surface area contributed by atoms with Crippen molar-refractivity contribution in [2.24, 2.45) is 0 Å². The van der Waals surface area contributed by atoms with Crippen LogP contribution in [0.15, 0.2) is 89.0 Å². The first-order chi connectivity index (χ1) is 21.6. The van der Waals surface area contributed by atoms with Crippen LogP contribution in [-0.4, -0.2) is 68.8 Å². The predicted octanol–water partition coefficient (Wildman–Crippen LogP) is 6.35. The summed E-state index contributed by atoms with van der Waals surface area (Å²) in [4.78, 5) is 2.31. The number of rotatable bonds is 13. The van der Waals surface area contributed by atoms with Gasteiger partial charge < -0.3 is 28.6 Å². The van der Waals surface area contributed by atoms with Crippen LogP contribution in [0.1, 0.15) is 41.0 Å². The second-order valence-corrected chi connectivity index (χ2v) is 10.7. The van der Waals surface area contributed by atoms with Gasteiger partial charge in [0.25, 0.3) is 0 Å². The van der Waals surface area contributed by atoms with E-state index in [2.05, 4.69) is 70.7 Å². The number of aromatic nitrogens is 1. The van der Waals surface area contributed by atoms with Crippen molar-refractivity contribution in [1.29, 1.82) is 0 Å². The third kappa shape index (κ3) is 7.96. The lowest BCUT2D eigenvalue weighted by Crippen LogP contribution is -2.39. The lowest BCUT2D eigenvalue weighted by atomic mass is 9.88. The summed E-state index contributed by atoms with van der Waals surface area (Å²) in [7, 11) is 4.78. The summed E-state index contributed by atoms with van der Waals surface area (Å²) in [6, 6.07) is 26.6. The second-order valence-electron chi connectivity index (χ2n) is 10.7. The molecule has 0 spiro atoms. The largest absolute Gasteiger partial charge is 0.493 e. The van der Waals surface area contributed by atoms with Crippen molar-refractivity contribution in [2.75, 3.05) is 47.6 Å². The van der Waals surface area contributed by atoms with Gasteiger partial charge in [0.2, 0.25) is 0 Å². The average Bonchev–Trinajstić information content (AvgIpc) is 3.52. The van der Waals surface area contributed by atoms with E-state index < -0.39 is 6.10 Å². The number of benzene rings is 3. The molecule has 4 aromatic rings. The zero-order chi connectivity index (χ0) is 30.7. The number of β-amino-alcohol motifs (C(OH)–C–C–N with tert-alkyl or cyclic N) is 1. The molecule has 230 valence electrons. The van der Waals surface area contributed by atoms with Gasteiger partial charge in [-0.3, -0.25) is 4.90 Å². The highest BCUT2D eigenvalue weighted by atomic mass is 16.5. The van der Waals surface area contributed by atoms with E-state index in [4.69, 9.17) is 23.5 Å². The van der Waals surface area contributed by atoms with Gasteiger partial charge in [0.15, 0.2) is 17.3 Å². The molecule has 1 fully saturated rings. The Kier molecular flexibility index (Phi) is 10.9. The third-order valence-corrected chi connectivity index (χ3v) is 7.65. The van der Waals surface area contributed by atoms with E-state index in [1.165, 1.54) is 22.3 Å². The summed E-state index contributed by atoms with van der Waals surface area (Å²) in [5.74, 6) is 2.26. The van der Waals surface area contributed by atoms with Crippen molar-refractivity contribution in [1.82, 2.24) is 10.1 Å². The van der Waals surface area contributed by atoms with E-state index in [1.54, 1.807) is 33.5 Å². The van der Waals surface area contributed by atoms with Crippen LogP contribution >= 0.6 is 0 Å². The standard InChI is InChI=1S/C36H40N2O6/c1-40-24-30-21-32(44-37-30)15-14-29-20-34(41-2)35(42-3)22-33(29)43-25-31(39)23-38-18-16-28(17-19-38)36(26-10-6-4-7-11-26)27-12-8-5-9-13-27/h4-15,20-22,31,39H,16-19,23-25H2,1-3H3. The van der Waals surface area contributed by atoms with Crippen molar-refractivity contribution in [2.45, 2.75) is 25.6 Å². The zero-order valence-corrected chi connectivity index (χ0v) is 25.6. The number of likely N-dealkylation sites (tertiary alicyclic amines) is 1. The fraction of sp³-hybridized carbons (Fsp3) is 0.306. The van der Waals surface area contributed by atoms with Crippen molar-refractivity contribution in [3.8, 4) is 17.2 Å². The fourth-order valence-electron chi connectivity index (χ4n) is 5.50. The van der Waals surface area contributed by atoms with Crippen LogP contribution in [0.25, 0.3) is 17.7 Å². The van der Waals surface area contributed by atoms with Crippen molar-refractivity contribution in [3.05, 3.63) is 113 Å². The molecule has 0 aliphatic carbocycles. The average molecular weight is 597 g/mol. The van der Waals surface area contributed by atoms with E-state index in [-0.39, 0.29) is 6.61 Å². The van der Waals surface area contributed by atoms with Gasteiger partial charge >= 0.3 is 0 Å². The Labute approximate surface area is 259 Å². The van der Waals surface area contributed by atoms with Crippen LogP contribution in [0.2, 0.25) is 0 Å². The molecule has 1 aliphatic heterocycles. The topological polar surface area (TPSA) is 86.4 Å². The monoisotopic (exact) mass is 596 g/mol. The molecule has 44 heavy (non-hydrogen) atoms. The van der Waals surface area contributed by atoms with Crippen LogP contribution in [-0.2, 0) is 11.3 Å². The van der Waals surface area contributed by atoms with Gasteiger partial charge in [-0.1, -0.05) is 71.4 Å². The molecule has 0 amide bonds. The lowest BCUT2D eigenvalue weighted by Gasteiger charge is -2.31. The molecule has 0 bridgehead atoms. The molecule has 1 aromatic heterocycles. The quantitative estimate of drug-likeness (QED) is 0.191. The first-order valence-corrected chi connectivity index (χ1v) is 14.8. The minimum Gasteiger partial charge on any atom is -0.493 e. The molecule has 8 heteroatoms. The van der Waals surface area contributed by atoms with Gasteiger partial charge in [-0.05, 0) is 47.8 Å². The third-order valence-electron chi connectivity index (χ3n) is 7.65. The summed E-state index contributed by atoms with van der Waals surface area (Å²) >= 11 is 0. The molecule has 1 unspecified atom stereocenters. The SMILES string of the molecule is COCc1cc(C=Cc2cc(OC)c(OC)cc2OCC(O)CN2CCC(=C(c3ccccc3)c3ccccc3)CC2)on1. The van der Waals surface area contributed by atoms with Crippen LogP contribution in [0.5, 0.6) is 17.2 Å². The number of piperidine rings is 1. The van der Waals surface area contributed by atoms with Crippen LogP contribution in [0.4, 0.5) is 0 Å². The minimum absolute atomic E-state index is 0.134. The molecule has 1 N–H and O–H groups in total. The van der Waals surface area contributed by atoms with E-state index in [9.17, 15) is 5.11 Å².